The average Bonchev–Trinajstić information content (AvgIpc) is 3.44. The van der Waals surface area contributed by atoms with Gasteiger partial charge < -0.3 is 14.2 Å². The lowest BCUT2D eigenvalue weighted by Gasteiger charge is -2.18. The first-order valence-electron chi connectivity index (χ1n) is 32.5. The molecular weight excluding hydrogens is 961 g/mol. The van der Waals surface area contributed by atoms with E-state index in [0.717, 1.165) is 116 Å². The van der Waals surface area contributed by atoms with E-state index in [1.54, 1.807) is 0 Å². The third-order valence-corrected chi connectivity index (χ3v) is 13.7. The first kappa shape index (κ1) is 73.8. The molecule has 78 heavy (non-hydrogen) atoms. The molecule has 0 aromatic heterocycles. The molecule has 0 rings (SSSR count). The zero-order chi connectivity index (χ0) is 56.4. The van der Waals surface area contributed by atoms with Crippen molar-refractivity contribution in [1.82, 2.24) is 0 Å². The Morgan fingerprint density at radius 2 is 0.500 bits per heavy atom. The predicted octanol–water partition coefficient (Wildman–Crippen LogP) is 22.4. The Balaban J connectivity index is 4.06. The molecule has 0 aromatic carbocycles. The highest BCUT2D eigenvalue weighted by atomic mass is 16.6. The Labute approximate surface area is 482 Å². The molecule has 0 spiro atoms. The van der Waals surface area contributed by atoms with Crippen LogP contribution in [0.2, 0.25) is 0 Å². The van der Waals surface area contributed by atoms with Gasteiger partial charge in [-0.25, -0.2) is 0 Å². The van der Waals surface area contributed by atoms with Crippen LogP contribution in [0.5, 0.6) is 0 Å². The normalized spacial score (nSPS) is 12.9. The van der Waals surface area contributed by atoms with Crippen molar-refractivity contribution in [2.75, 3.05) is 13.2 Å². The van der Waals surface area contributed by atoms with Gasteiger partial charge in [-0.05, 0) is 109 Å². The van der Waals surface area contributed by atoms with Crippen molar-refractivity contribution in [2.24, 2.45) is 0 Å². The lowest BCUT2D eigenvalue weighted by molar-refractivity contribution is -0.167. The van der Waals surface area contributed by atoms with Crippen LogP contribution in [-0.2, 0) is 28.6 Å². The number of rotatable bonds is 58. The predicted molar refractivity (Wildman–Crippen MR) is 339 cm³/mol. The van der Waals surface area contributed by atoms with Gasteiger partial charge in [0, 0.05) is 19.3 Å². The first-order valence-corrected chi connectivity index (χ1v) is 32.5. The summed E-state index contributed by atoms with van der Waals surface area (Å²) in [6, 6.07) is 0. The number of ether oxygens (including phenoxy) is 3. The Kier molecular flexibility index (Phi) is 61.8. The smallest absolute Gasteiger partial charge is 0.306 e. The minimum Gasteiger partial charge on any atom is -0.462 e. The topological polar surface area (TPSA) is 78.9 Å². The number of carbonyl (C=O) groups is 3. The van der Waals surface area contributed by atoms with Crippen LogP contribution in [0.4, 0.5) is 0 Å². The zero-order valence-corrected chi connectivity index (χ0v) is 50.9. The van der Waals surface area contributed by atoms with E-state index < -0.39 is 6.10 Å². The molecule has 0 N–H and O–H groups in total. The standard InChI is InChI=1S/C72H120O6/c1-4-7-10-13-16-18-20-22-24-26-28-30-31-32-33-34-35-36-37-38-39-40-41-43-44-46-48-50-52-54-56-59-62-65-71(74)77-68-69(67-76-70(73)64-61-58-15-12-9-6-3)78-72(75)66-63-60-57-55-53-51-49-47-45-42-29-27-25-23-21-19-17-14-11-8-5-2/h7-8,10-11,16-19,22-25,28-30,42,47,49,53,55,69H,4-6,9,12-15,20-21,26-27,31-41,43-46,48,50-52,54,56-68H2,1-3H3/b10-7-,11-8-,18-16-,19-17-,24-22-,25-23-,30-28-,42-29-,49-47-,55-53-. The molecule has 0 bridgehead atoms. The minimum absolute atomic E-state index is 0.0945. The van der Waals surface area contributed by atoms with Crippen LogP contribution in [0.15, 0.2) is 122 Å². The van der Waals surface area contributed by atoms with E-state index in [4.69, 9.17) is 14.2 Å². The van der Waals surface area contributed by atoms with Crippen molar-refractivity contribution < 1.29 is 28.6 Å². The number of carbonyl (C=O) groups excluding carboxylic acids is 3. The van der Waals surface area contributed by atoms with Crippen LogP contribution in [0.25, 0.3) is 0 Å². The van der Waals surface area contributed by atoms with E-state index in [-0.39, 0.29) is 37.5 Å². The SMILES string of the molecule is CC/C=C\C/C=C\C/C=C\C/C=C\C/C=C\C/C=C\CCCCC(=O)OC(COC(=O)CCCCCCCC)COC(=O)CCCCCCCCCCCCCCCCCCCCCC/C=C\C/C=C\C/C=C\C/C=C\CC. The molecule has 444 valence electrons. The third-order valence-electron chi connectivity index (χ3n) is 13.7. The maximum absolute atomic E-state index is 12.8. The molecule has 0 saturated heterocycles. The van der Waals surface area contributed by atoms with Gasteiger partial charge >= 0.3 is 17.9 Å². The molecule has 6 heteroatoms. The van der Waals surface area contributed by atoms with Crippen molar-refractivity contribution in [1.29, 1.82) is 0 Å². The summed E-state index contributed by atoms with van der Waals surface area (Å²) in [5.74, 6) is -0.943. The molecule has 6 nitrogen and oxygen atoms in total. The molecule has 0 saturated carbocycles. The van der Waals surface area contributed by atoms with Crippen molar-refractivity contribution in [3.05, 3.63) is 122 Å². The maximum Gasteiger partial charge on any atom is 0.306 e. The lowest BCUT2D eigenvalue weighted by Crippen LogP contribution is -2.30. The summed E-state index contributed by atoms with van der Waals surface area (Å²) < 4.78 is 16.8. The van der Waals surface area contributed by atoms with E-state index in [2.05, 4.69) is 142 Å². The molecule has 0 heterocycles. The minimum atomic E-state index is -0.799. The largest absolute Gasteiger partial charge is 0.462 e. The van der Waals surface area contributed by atoms with E-state index >= 15 is 0 Å². The molecule has 1 unspecified atom stereocenters. The highest BCUT2D eigenvalue weighted by Crippen LogP contribution is 2.17. The molecule has 0 amide bonds. The monoisotopic (exact) mass is 1080 g/mol. The van der Waals surface area contributed by atoms with Gasteiger partial charge in [-0.15, -0.1) is 0 Å². The number of allylic oxidation sites excluding steroid dienone is 20. The summed E-state index contributed by atoms with van der Waals surface area (Å²) in [7, 11) is 0. The van der Waals surface area contributed by atoms with Gasteiger partial charge in [0.25, 0.3) is 0 Å². The van der Waals surface area contributed by atoms with Crippen LogP contribution in [0, 0.1) is 0 Å². The van der Waals surface area contributed by atoms with E-state index in [0.29, 0.717) is 19.3 Å². The van der Waals surface area contributed by atoms with Gasteiger partial charge in [0.05, 0.1) is 0 Å². The third kappa shape index (κ3) is 62.7. The lowest BCUT2D eigenvalue weighted by atomic mass is 10.0. The van der Waals surface area contributed by atoms with Gasteiger partial charge in [0.1, 0.15) is 13.2 Å². The van der Waals surface area contributed by atoms with Crippen molar-refractivity contribution in [3.63, 3.8) is 0 Å². The Bertz CT molecular complexity index is 1620. The van der Waals surface area contributed by atoms with Gasteiger partial charge in [-0.3, -0.25) is 14.4 Å². The highest BCUT2D eigenvalue weighted by molar-refractivity contribution is 5.71. The zero-order valence-electron chi connectivity index (χ0n) is 50.9. The molecule has 1 atom stereocenters. The van der Waals surface area contributed by atoms with Crippen LogP contribution in [-0.4, -0.2) is 37.2 Å². The fourth-order valence-electron chi connectivity index (χ4n) is 8.91. The number of unbranched alkanes of at least 4 members (excludes halogenated alkanes) is 27. The van der Waals surface area contributed by atoms with E-state index in [1.165, 1.54) is 135 Å². The Morgan fingerprint density at radius 1 is 0.269 bits per heavy atom. The van der Waals surface area contributed by atoms with Gasteiger partial charge in [0.2, 0.25) is 0 Å². The van der Waals surface area contributed by atoms with Crippen LogP contribution in [0.3, 0.4) is 0 Å². The summed E-state index contributed by atoms with van der Waals surface area (Å²) in [6.45, 7) is 6.33. The number of esters is 3. The summed E-state index contributed by atoms with van der Waals surface area (Å²) in [6.07, 6.45) is 91.2. The first-order chi connectivity index (χ1) is 38.5. The maximum atomic E-state index is 12.8. The second kappa shape index (κ2) is 65.3. The molecule has 0 radical (unpaired) electrons. The van der Waals surface area contributed by atoms with Crippen LogP contribution in [0.1, 0.15) is 297 Å². The second-order valence-corrected chi connectivity index (χ2v) is 21.3. The molecule has 0 fully saturated rings. The summed E-state index contributed by atoms with van der Waals surface area (Å²) in [5, 5.41) is 0. The van der Waals surface area contributed by atoms with E-state index in [9.17, 15) is 14.4 Å². The molecule has 0 aliphatic carbocycles. The van der Waals surface area contributed by atoms with Crippen LogP contribution >= 0.6 is 0 Å². The highest BCUT2D eigenvalue weighted by Gasteiger charge is 2.19. The fourth-order valence-corrected chi connectivity index (χ4v) is 8.91. The summed E-state index contributed by atoms with van der Waals surface area (Å²) in [4.78, 5) is 38.0. The molecule has 0 aliphatic rings. The Morgan fingerprint density at radius 3 is 0.808 bits per heavy atom. The summed E-state index contributed by atoms with van der Waals surface area (Å²) >= 11 is 0. The van der Waals surface area contributed by atoms with Gasteiger partial charge in [0.15, 0.2) is 6.10 Å². The molecule has 0 aliphatic heterocycles. The van der Waals surface area contributed by atoms with E-state index in [1.807, 2.05) is 0 Å². The van der Waals surface area contributed by atoms with Crippen molar-refractivity contribution in [2.45, 2.75) is 303 Å². The molecular formula is C72H120O6. The van der Waals surface area contributed by atoms with Crippen molar-refractivity contribution in [3.8, 4) is 0 Å². The quantitative estimate of drug-likeness (QED) is 0.0261. The van der Waals surface area contributed by atoms with Gasteiger partial charge in [-0.2, -0.15) is 0 Å². The van der Waals surface area contributed by atoms with Crippen LogP contribution < -0.4 is 0 Å². The average molecular weight is 1080 g/mol. The number of hydrogen-bond acceptors (Lipinski definition) is 6. The second-order valence-electron chi connectivity index (χ2n) is 21.3. The van der Waals surface area contributed by atoms with Gasteiger partial charge in [-0.1, -0.05) is 290 Å². The fraction of sp³-hybridized carbons (Fsp3) is 0.681. The number of hydrogen-bond donors (Lipinski definition) is 0. The Hall–Kier alpha value is -4.19. The summed E-state index contributed by atoms with van der Waals surface area (Å²) in [5.41, 5.74) is 0. The molecule has 0 aromatic rings. The van der Waals surface area contributed by atoms with Crippen molar-refractivity contribution >= 4 is 17.9 Å².